The molecule has 1 amide bonds. The van der Waals surface area contributed by atoms with Gasteiger partial charge in [0.2, 0.25) is 11.9 Å². The second kappa shape index (κ2) is 9.63. The van der Waals surface area contributed by atoms with E-state index in [4.69, 9.17) is 0 Å². The Labute approximate surface area is 180 Å². The highest BCUT2D eigenvalue weighted by Crippen LogP contribution is 2.17. The van der Waals surface area contributed by atoms with Crippen LogP contribution in [-0.2, 0) is 25.4 Å². The summed E-state index contributed by atoms with van der Waals surface area (Å²) in [5.74, 6) is 0.537. The number of anilines is 1. The van der Waals surface area contributed by atoms with Crippen molar-refractivity contribution in [2.75, 3.05) is 18.4 Å². The Morgan fingerprint density at radius 2 is 1.71 bits per heavy atom. The van der Waals surface area contributed by atoms with E-state index in [9.17, 15) is 14.4 Å². The molecule has 166 valence electrons. The van der Waals surface area contributed by atoms with Gasteiger partial charge in [0.05, 0.1) is 6.54 Å². The molecule has 0 saturated heterocycles. The van der Waals surface area contributed by atoms with Crippen molar-refractivity contribution in [3.8, 4) is 0 Å². The van der Waals surface area contributed by atoms with E-state index in [1.165, 1.54) is 11.6 Å². The van der Waals surface area contributed by atoms with E-state index < -0.39 is 11.2 Å². The zero-order chi connectivity index (χ0) is 22.5. The topological polar surface area (TPSA) is 103 Å². The molecule has 3 rings (SSSR count). The molecule has 0 radical (unpaired) electrons. The molecule has 0 spiro atoms. The fourth-order valence-corrected chi connectivity index (χ4v) is 3.67. The number of nitrogens with zero attached hydrogens (tertiary/aromatic N) is 4. The molecule has 0 bridgehead atoms. The molecule has 9 heteroatoms. The van der Waals surface area contributed by atoms with Crippen molar-refractivity contribution in [1.82, 2.24) is 24.0 Å². The van der Waals surface area contributed by atoms with E-state index in [1.807, 2.05) is 44.2 Å². The summed E-state index contributed by atoms with van der Waals surface area (Å²) in [5, 5.41) is 6.16. The summed E-state index contributed by atoms with van der Waals surface area (Å²) in [4.78, 5) is 42.0. The van der Waals surface area contributed by atoms with Crippen molar-refractivity contribution in [1.29, 1.82) is 0 Å². The summed E-state index contributed by atoms with van der Waals surface area (Å²) >= 11 is 0. The standard InChI is InChI=1S/C22H30N6O3/c1-5-16(6-2)19(29)23-12-13-24-21-25-18-17(20(30)27(4)22(31)26(18)3)28(21)14-15-10-8-7-9-11-15/h7-11,16H,5-6,12-14H2,1-4H3,(H,23,29)(H,24,25). The number of imidazole rings is 1. The lowest BCUT2D eigenvalue weighted by Gasteiger charge is -2.14. The maximum absolute atomic E-state index is 12.9. The predicted octanol–water partition coefficient (Wildman–Crippen LogP) is 1.45. The molecule has 2 aromatic heterocycles. The van der Waals surface area contributed by atoms with E-state index in [0.29, 0.717) is 36.7 Å². The van der Waals surface area contributed by atoms with E-state index in [-0.39, 0.29) is 11.8 Å². The lowest BCUT2D eigenvalue weighted by Crippen LogP contribution is -2.37. The van der Waals surface area contributed by atoms with Crippen LogP contribution in [-0.4, -0.2) is 37.7 Å². The zero-order valence-electron chi connectivity index (χ0n) is 18.5. The molecule has 0 fully saturated rings. The highest BCUT2D eigenvalue weighted by molar-refractivity contribution is 5.78. The summed E-state index contributed by atoms with van der Waals surface area (Å²) < 4.78 is 4.25. The molecule has 0 aliphatic heterocycles. The average molecular weight is 427 g/mol. The first-order valence-corrected chi connectivity index (χ1v) is 10.6. The minimum atomic E-state index is -0.425. The highest BCUT2D eigenvalue weighted by Gasteiger charge is 2.19. The number of hydrogen-bond donors (Lipinski definition) is 2. The van der Waals surface area contributed by atoms with Gasteiger partial charge in [0.25, 0.3) is 5.56 Å². The van der Waals surface area contributed by atoms with Gasteiger partial charge in [0.15, 0.2) is 11.2 Å². The second-order valence-corrected chi connectivity index (χ2v) is 7.62. The molecular formula is C22H30N6O3. The number of benzene rings is 1. The molecule has 0 unspecified atom stereocenters. The fourth-order valence-electron chi connectivity index (χ4n) is 3.67. The fraction of sp³-hybridized carbons (Fsp3) is 0.455. The molecule has 0 saturated carbocycles. The van der Waals surface area contributed by atoms with Gasteiger partial charge >= 0.3 is 5.69 Å². The number of rotatable bonds is 9. The minimum absolute atomic E-state index is 0.0141. The van der Waals surface area contributed by atoms with Gasteiger partial charge in [-0.2, -0.15) is 4.98 Å². The normalized spacial score (nSPS) is 11.3. The van der Waals surface area contributed by atoms with Gasteiger partial charge in [0, 0.05) is 33.1 Å². The number of fused-ring (bicyclic) bond motifs is 1. The maximum atomic E-state index is 12.9. The average Bonchev–Trinajstić information content (AvgIpc) is 3.13. The molecule has 2 heterocycles. The first-order chi connectivity index (χ1) is 14.9. The van der Waals surface area contributed by atoms with Gasteiger partial charge in [-0.25, -0.2) is 4.79 Å². The van der Waals surface area contributed by atoms with Crippen LogP contribution in [0, 0.1) is 5.92 Å². The predicted molar refractivity (Wildman–Crippen MR) is 121 cm³/mol. The summed E-state index contributed by atoms with van der Waals surface area (Å²) in [7, 11) is 3.06. The molecule has 0 aliphatic rings. The summed E-state index contributed by atoms with van der Waals surface area (Å²) in [5.41, 5.74) is 0.870. The van der Waals surface area contributed by atoms with Crippen molar-refractivity contribution in [3.63, 3.8) is 0 Å². The van der Waals surface area contributed by atoms with Crippen molar-refractivity contribution in [3.05, 3.63) is 56.7 Å². The number of hydrogen-bond acceptors (Lipinski definition) is 5. The number of amides is 1. The molecule has 0 atom stereocenters. The smallest absolute Gasteiger partial charge is 0.332 e. The quantitative estimate of drug-likeness (QED) is 0.504. The van der Waals surface area contributed by atoms with Crippen LogP contribution in [0.1, 0.15) is 32.3 Å². The Balaban J connectivity index is 1.91. The van der Waals surface area contributed by atoms with Crippen LogP contribution in [0.5, 0.6) is 0 Å². The SMILES string of the molecule is CCC(CC)C(=O)NCCNc1nc2c(c(=O)n(C)c(=O)n2C)n1Cc1ccccc1. The molecule has 2 N–H and O–H groups in total. The molecule has 0 aliphatic carbocycles. The zero-order valence-corrected chi connectivity index (χ0v) is 18.5. The van der Waals surface area contributed by atoms with Crippen LogP contribution in [0.15, 0.2) is 39.9 Å². The summed E-state index contributed by atoms with van der Waals surface area (Å²) in [6.07, 6.45) is 1.61. The Morgan fingerprint density at radius 3 is 2.35 bits per heavy atom. The van der Waals surface area contributed by atoms with E-state index in [0.717, 1.165) is 23.0 Å². The monoisotopic (exact) mass is 426 g/mol. The summed E-state index contributed by atoms with van der Waals surface area (Å²) in [6.45, 7) is 5.30. The van der Waals surface area contributed by atoms with Crippen molar-refractivity contribution in [2.24, 2.45) is 20.0 Å². The molecule has 1 aromatic carbocycles. The maximum Gasteiger partial charge on any atom is 0.332 e. The number of carbonyl (C=O) groups is 1. The number of aromatic nitrogens is 4. The van der Waals surface area contributed by atoms with E-state index >= 15 is 0 Å². The largest absolute Gasteiger partial charge is 0.354 e. The van der Waals surface area contributed by atoms with Gasteiger partial charge in [-0.05, 0) is 18.4 Å². The molecule has 31 heavy (non-hydrogen) atoms. The van der Waals surface area contributed by atoms with Gasteiger partial charge in [0.1, 0.15) is 0 Å². The van der Waals surface area contributed by atoms with Gasteiger partial charge < -0.3 is 10.6 Å². The van der Waals surface area contributed by atoms with Crippen LogP contribution < -0.4 is 21.9 Å². The Kier molecular flexibility index (Phi) is 6.94. The van der Waals surface area contributed by atoms with Gasteiger partial charge in [-0.1, -0.05) is 44.2 Å². The van der Waals surface area contributed by atoms with Crippen LogP contribution in [0.25, 0.3) is 11.2 Å². The van der Waals surface area contributed by atoms with Crippen molar-refractivity contribution < 1.29 is 4.79 Å². The van der Waals surface area contributed by atoms with Crippen molar-refractivity contribution >= 4 is 23.0 Å². The van der Waals surface area contributed by atoms with Gasteiger partial charge in [-0.15, -0.1) is 0 Å². The molecular weight excluding hydrogens is 396 g/mol. The third kappa shape index (κ3) is 4.55. The second-order valence-electron chi connectivity index (χ2n) is 7.62. The molecule has 3 aromatic rings. The van der Waals surface area contributed by atoms with Crippen LogP contribution in [0.4, 0.5) is 5.95 Å². The Bertz CT molecular complexity index is 1170. The third-order valence-electron chi connectivity index (χ3n) is 5.60. The highest BCUT2D eigenvalue weighted by atomic mass is 16.2. The third-order valence-corrected chi connectivity index (χ3v) is 5.60. The minimum Gasteiger partial charge on any atom is -0.354 e. The molecule has 9 nitrogen and oxygen atoms in total. The Morgan fingerprint density at radius 1 is 1.03 bits per heavy atom. The van der Waals surface area contributed by atoms with E-state index in [2.05, 4.69) is 15.6 Å². The summed E-state index contributed by atoms with van der Waals surface area (Å²) in [6, 6.07) is 9.74. The number of aryl methyl sites for hydroxylation is 1. The first kappa shape index (κ1) is 22.3. The van der Waals surface area contributed by atoms with Gasteiger partial charge in [-0.3, -0.25) is 23.3 Å². The lowest BCUT2D eigenvalue weighted by molar-refractivity contribution is -0.125. The van der Waals surface area contributed by atoms with Crippen molar-refractivity contribution in [2.45, 2.75) is 33.2 Å². The number of nitrogens with one attached hydrogen (secondary N) is 2. The van der Waals surface area contributed by atoms with E-state index in [1.54, 1.807) is 11.6 Å². The van der Waals surface area contributed by atoms with Crippen LogP contribution in [0.2, 0.25) is 0 Å². The number of carbonyl (C=O) groups excluding carboxylic acids is 1. The Hall–Kier alpha value is -3.36. The van der Waals surface area contributed by atoms with Crippen LogP contribution >= 0.6 is 0 Å². The lowest BCUT2D eigenvalue weighted by atomic mass is 10.0. The first-order valence-electron chi connectivity index (χ1n) is 10.6. The van der Waals surface area contributed by atoms with Crippen LogP contribution in [0.3, 0.4) is 0 Å².